The van der Waals surface area contributed by atoms with Crippen LogP contribution >= 0.6 is 7.14 Å². The van der Waals surface area contributed by atoms with E-state index in [1.165, 1.54) is 0 Å². The molecule has 6 heteroatoms. The maximum absolute atomic E-state index is 11.8. The van der Waals surface area contributed by atoms with E-state index >= 15 is 0 Å². The fourth-order valence-electron chi connectivity index (χ4n) is 1.08. The first-order chi connectivity index (χ1) is 7.45. The molecular formula is C10H17N2O3P. The standard InChI is InChI=1S/C10H17N2O3P/c1-14-6-7-15-10-8(11)4-5-9(12-10)16(2,3)13/h4-5H,6-7,11H2,1-3H3. The quantitative estimate of drug-likeness (QED) is 0.616. The molecule has 0 aromatic carbocycles. The fraction of sp³-hybridized carbons (Fsp3) is 0.500. The lowest BCUT2D eigenvalue weighted by Crippen LogP contribution is -2.13. The van der Waals surface area contributed by atoms with Gasteiger partial charge in [0.15, 0.2) is 0 Å². The monoisotopic (exact) mass is 244 g/mol. The van der Waals surface area contributed by atoms with Gasteiger partial charge in [0.25, 0.3) is 0 Å². The van der Waals surface area contributed by atoms with Crippen LogP contribution in [-0.4, -0.2) is 38.6 Å². The number of ether oxygens (including phenoxy) is 2. The molecule has 1 aromatic rings. The zero-order valence-corrected chi connectivity index (χ0v) is 10.7. The molecule has 0 saturated heterocycles. The van der Waals surface area contributed by atoms with Crippen molar-refractivity contribution in [3.05, 3.63) is 12.1 Å². The molecule has 0 unspecified atom stereocenters. The SMILES string of the molecule is COCCOc1nc(P(C)(C)=O)ccc1N. The zero-order valence-electron chi connectivity index (χ0n) is 9.77. The normalized spacial score (nSPS) is 11.4. The van der Waals surface area contributed by atoms with E-state index in [-0.39, 0.29) is 0 Å². The van der Waals surface area contributed by atoms with Crippen LogP contribution in [0.3, 0.4) is 0 Å². The van der Waals surface area contributed by atoms with Crippen molar-refractivity contribution in [2.75, 3.05) is 39.4 Å². The summed E-state index contributed by atoms with van der Waals surface area (Å²) < 4.78 is 22.0. The Morgan fingerprint density at radius 2 is 2.06 bits per heavy atom. The van der Waals surface area contributed by atoms with Gasteiger partial charge in [0.05, 0.1) is 12.3 Å². The Labute approximate surface area is 95.3 Å². The number of methoxy groups -OCH3 is 1. The molecule has 0 saturated carbocycles. The van der Waals surface area contributed by atoms with Gasteiger partial charge in [-0.2, -0.15) is 0 Å². The largest absolute Gasteiger partial charge is 0.474 e. The molecule has 0 aliphatic heterocycles. The number of rotatable bonds is 5. The lowest BCUT2D eigenvalue weighted by molar-refractivity contribution is 0.144. The maximum Gasteiger partial charge on any atom is 0.237 e. The minimum absolute atomic E-state index is 0.318. The van der Waals surface area contributed by atoms with Crippen LogP contribution in [0.15, 0.2) is 12.1 Å². The molecule has 0 fully saturated rings. The Morgan fingerprint density at radius 3 is 2.62 bits per heavy atom. The summed E-state index contributed by atoms with van der Waals surface area (Å²) in [6.45, 7) is 4.14. The molecule has 0 aliphatic rings. The molecule has 1 aromatic heterocycles. The highest BCUT2D eigenvalue weighted by Crippen LogP contribution is 2.34. The van der Waals surface area contributed by atoms with Gasteiger partial charge in [0, 0.05) is 7.11 Å². The van der Waals surface area contributed by atoms with Crippen LogP contribution < -0.4 is 15.9 Å². The second kappa shape index (κ2) is 5.32. The Balaban J connectivity index is 2.87. The Kier molecular flexibility index (Phi) is 4.33. The first kappa shape index (κ1) is 13.0. The summed E-state index contributed by atoms with van der Waals surface area (Å²) in [7, 11) is -0.796. The van der Waals surface area contributed by atoms with Crippen molar-refractivity contribution < 1.29 is 14.0 Å². The van der Waals surface area contributed by atoms with E-state index in [0.29, 0.717) is 30.2 Å². The highest BCUT2D eigenvalue weighted by molar-refractivity contribution is 7.69. The predicted molar refractivity (Wildman–Crippen MR) is 65.1 cm³/mol. The number of hydrogen-bond acceptors (Lipinski definition) is 5. The van der Waals surface area contributed by atoms with E-state index in [1.807, 2.05) is 0 Å². The van der Waals surface area contributed by atoms with Gasteiger partial charge < -0.3 is 19.8 Å². The van der Waals surface area contributed by atoms with Crippen molar-refractivity contribution in [1.29, 1.82) is 0 Å². The molecule has 1 heterocycles. The average molecular weight is 244 g/mol. The molecule has 5 nitrogen and oxygen atoms in total. The Morgan fingerprint density at radius 1 is 1.38 bits per heavy atom. The third-order valence-electron chi connectivity index (χ3n) is 1.95. The number of anilines is 1. The van der Waals surface area contributed by atoms with Crippen LogP contribution in [0, 0.1) is 0 Å². The summed E-state index contributed by atoms with van der Waals surface area (Å²) in [4.78, 5) is 4.15. The van der Waals surface area contributed by atoms with Gasteiger partial charge in [0.2, 0.25) is 5.88 Å². The van der Waals surface area contributed by atoms with Crippen LogP contribution in [0.1, 0.15) is 0 Å². The molecule has 0 radical (unpaired) electrons. The molecule has 1 rings (SSSR count). The van der Waals surface area contributed by atoms with Crippen LogP contribution in [0.4, 0.5) is 5.69 Å². The Hall–Kier alpha value is -1.06. The van der Waals surface area contributed by atoms with Gasteiger partial charge in [-0.05, 0) is 25.5 Å². The smallest absolute Gasteiger partial charge is 0.237 e. The second-order valence-electron chi connectivity index (χ2n) is 3.76. The number of pyridine rings is 1. The molecular weight excluding hydrogens is 227 g/mol. The van der Waals surface area contributed by atoms with Crippen molar-refractivity contribution in [3.8, 4) is 5.88 Å². The van der Waals surface area contributed by atoms with E-state index in [4.69, 9.17) is 15.2 Å². The predicted octanol–water partition coefficient (Wildman–Crippen LogP) is 0.937. The first-order valence-corrected chi connectivity index (χ1v) is 7.49. The summed E-state index contributed by atoms with van der Waals surface area (Å²) in [6.07, 6.45) is 0. The lowest BCUT2D eigenvalue weighted by atomic mass is 10.4. The molecule has 0 amide bonds. The van der Waals surface area contributed by atoms with Gasteiger partial charge in [0.1, 0.15) is 19.2 Å². The fourth-order valence-corrected chi connectivity index (χ4v) is 1.84. The molecule has 90 valence electrons. The number of nitrogens with zero attached hydrogens (tertiary/aromatic N) is 1. The molecule has 0 bridgehead atoms. The minimum atomic E-state index is -2.38. The Bertz CT molecular complexity index is 403. The zero-order chi connectivity index (χ0) is 12.2. The topological polar surface area (TPSA) is 74.4 Å². The number of aromatic nitrogens is 1. The highest BCUT2D eigenvalue weighted by atomic mass is 31.2. The van der Waals surface area contributed by atoms with Gasteiger partial charge in [-0.1, -0.05) is 0 Å². The molecule has 16 heavy (non-hydrogen) atoms. The van der Waals surface area contributed by atoms with Gasteiger partial charge >= 0.3 is 0 Å². The summed E-state index contributed by atoms with van der Waals surface area (Å²) in [5.74, 6) is 0.318. The third-order valence-corrected chi connectivity index (χ3v) is 3.31. The maximum atomic E-state index is 11.8. The number of nitrogen functional groups attached to an aromatic ring is 1. The van der Waals surface area contributed by atoms with Gasteiger partial charge in [-0.15, -0.1) is 0 Å². The van der Waals surface area contributed by atoms with Crippen molar-refractivity contribution in [2.24, 2.45) is 0 Å². The van der Waals surface area contributed by atoms with E-state index in [0.717, 1.165) is 0 Å². The molecule has 0 aliphatic carbocycles. The summed E-state index contributed by atoms with van der Waals surface area (Å²) in [5.41, 5.74) is 6.66. The number of nitrogens with two attached hydrogens (primary N) is 1. The van der Waals surface area contributed by atoms with Gasteiger partial charge in [-0.25, -0.2) is 4.98 Å². The molecule has 0 spiro atoms. The van der Waals surface area contributed by atoms with E-state index < -0.39 is 7.14 Å². The van der Waals surface area contributed by atoms with Crippen LogP contribution in [0.25, 0.3) is 0 Å². The summed E-state index contributed by atoms with van der Waals surface area (Å²) >= 11 is 0. The van der Waals surface area contributed by atoms with E-state index in [1.54, 1.807) is 32.6 Å². The van der Waals surface area contributed by atoms with Crippen LogP contribution in [-0.2, 0) is 9.30 Å². The van der Waals surface area contributed by atoms with Crippen molar-refractivity contribution in [1.82, 2.24) is 4.98 Å². The highest BCUT2D eigenvalue weighted by Gasteiger charge is 2.15. The van der Waals surface area contributed by atoms with E-state index in [2.05, 4.69) is 4.98 Å². The van der Waals surface area contributed by atoms with Crippen LogP contribution in [0.5, 0.6) is 5.88 Å². The van der Waals surface area contributed by atoms with Crippen LogP contribution in [0.2, 0.25) is 0 Å². The minimum Gasteiger partial charge on any atom is -0.474 e. The summed E-state index contributed by atoms with van der Waals surface area (Å²) in [6, 6.07) is 3.32. The second-order valence-corrected chi connectivity index (χ2v) is 6.92. The first-order valence-electron chi connectivity index (χ1n) is 4.89. The van der Waals surface area contributed by atoms with Crippen molar-refractivity contribution in [2.45, 2.75) is 0 Å². The van der Waals surface area contributed by atoms with E-state index in [9.17, 15) is 4.57 Å². The average Bonchev–Trinajstić information content (AvgIpc) is 2.19. The molecule has 2 N–H and O–H groups in total. The molecule has 0 atom stereocenters. The lowest BCUT2D eigenvalue weighted by Gasteiger charge is -2.11. The van der Waals surface area contributed by atoms with Crippen molar-refractivity contribution in [3.63, 3.8) is 0 Å². The number of hydrogen-bond donors (Lipinski definition) is 1. The van der Waals surface area contributed by atoms with Crippen molar-refractivity contribution >= 4 is 18.3 Å². The summed E-state index contributed by atoms with van der Waals surface area (Å²) in [5, 5.41) is 0. The third kappa shape index (κ3) is 3.51. The van der Waals surface area contributed by atoms with Gasteiger partial charge in [-0.3, -0.25) is 0 Å².